The van der Waals surface area contributed by atoms with E-state index in [1.165, 1.54) is 6.07 Å². The van der Waals surface area contributed by atoms with Gasteiger partial charge in [-0.3, -0.25) is 4.79 Å². The fourth-order valence-electron chi connectivity index (χ4n) is 1.47. The van der Waals surface area contributed by atoms with Crippen LogP contribution in [0.2, 0.25) is 0 Å². The summed E-state index contributed by atoms with van der Waals surface area (Å²) < 4.78 is 5.54. The molecule has 0 saturated carbocycles. The van der Waals surface area contributed by atoms with E-state index in [0.29, 0.717) is 6.61 Å². The van der Waals surface area contributed by atoms with Crippen molar-refractivity contribution in [2.75, 3.05) is 6.61 Å². The second-order valence-electron chi connectivity index (χ2n) is 3.68. The maximum Gasteiger partial charge on any atom is 0.264 e. The van der Waals surface area contributed by atoms with Gasteiger partial charge in [-0.05, 0) is 24.6 Å². The first-order valence-electron chi connectivity index (χ1n) is 5.58. The van der Waals surface area contributed by atoms with Crippen LogP contribution in [0.4, 0.5) is 0 Å². The van der Waals surface area contributed by atoms with Crippen LogP contribution in [-0.2, 0) is 0 Å². The minimum absolute atomic E-state index is 0.202. The number of ether oxygens (including phenoxy) is 1. The summed E-state index contributed by atoms with van der Waals surface area (Å²) in [6.45, 7) is 2.76. The lowest BCUT2D eigenvalue weighted by Gasteiger charge is -2.06. The van der Waals surface area contributed by atoms with Crippen molar-refractivity contribution in [1.82, 2.24) is 10.2 Å². The Kier molecular flexibility index (Phi) is 3.55. The van der Waals surface area contributed by atoms with E-state index in [1.807, 2.05) is 24.3 Å². The molecule has 0 atom stereocenters. The van der Waals surface area contributed by atoms with E-state index in [1.54, 1.807) is 6.07 Å². The zero-order chi connectivity index (χ0) is 12.1. The van der Waals surface area contributed by atoms with Crippen molar-refractivity contribution in [2.24, 2.45) is 0 Å². The molecule has 0 aliphatic rings. The van der Waals surface area contributed by atoms with E-state index < -0.39 is 0 Å². The third-order valence-corrected chi connectivity index (χ3v) is 2.28. The summed E-state index contributed by atoms with van der Waals surface area (Å²) in [7, 11) is 0. The molecule has 4 nitrogen and oxygen atoms in total. The number of H-pyrrole nitrogens is 1. The molecule has 0 unspecified atom stereocenters. The van der Waals surface area contributed by atoms with E-state index in [-0.39, 0.29) is 5.56 Å². The predicted octanol–water partition coefficient (Wildman–Crippen LogP) is 2.23. The maximum atomic E-state index is 10.9. The van der Waals surface area contributed by atoms with Crippen LogP contribution < -0.4 is 10.3 Å². The minimum Gasteiger partial charge on any atom is -0.494 e. The normalized spacial score (nSPS) is 10.2. The fourth-order valence-corrected chi connectivity index (χ4v) is 1.47. The van der Waals surface area contributed by atoms with Gasteiger partial charge in [-0.1, -0.05) is 19.1 Å². The number of rotatable bonds is 4. The molecule has 17 heavy (non-hydrogen) atoms. The van der Waals surface area contributed by atoms with Gasteiger partial charge in [-0.15, -0.1) is 0 Å². The lowest BCUT2D eigenvalue weighted by atomic mass is 10.1. The largest absolute Gasteiger partial charge is 0.494 e. The fraction of sp³-hybridized carbons (Fsp3) is 0.231. The Hall–Kier alpha value is -2.10. The highest BCUT2D eigenvalue weighted by Crippen LogP contribution is 2.21. The van der Waals surface area contributed by atoms with Crippen LogP contribution in [0.1, 0.15) is 13.3 Å². The molecule has 0 amide bonds. The number of nitrogens with one attached hydrogen (secondary N) is 1. The number of hydrogen-bond acceptors (Lipinski definition) is 3. The highest BCUT2D eigenvalue weighted by Gasteiger charge is 2.01. The van der Waals surface area contributed by atoms with Crippen LogP contribution in [0.3, 0.4) is 0 Å². The molecule has 0 aliphatic heterocycles. The summed E-state index contributed by atoms with van der Waals surface area (Å²) in [6, 6.07) is 10.8. The molecule has 0 radical (unpaired) electrons. The molecule has 0 saturated heterocycles. The van der Waals surface area contributed by atoms with Crippen LogP contribution in [0.5, 0.6) is 5.75 Å². The summed E-state index contributed by atoms with van der Waals surface area (Å²) in [5.74, 6) is 0.817. The third kappa shape index (κ3) is 2.93. The Morgan fingerprint density at radius 3 is 2.88 bits per heavy atom. The van der Waals surface area contributed by atoms with Gasteiger partial charge in [-0.2, -0.15) is 5.10 Å². The lowest BCUT2D eigenvalue weighted by Crippen LogP contribution is -2.05. The number of aromatic nitrogens is 2. The standard InChI is InChI=1S/C13H14N2O2/c1-2-8-17-11-5-3-4-10(9-11)12-6-7-13(16)15-14-12/h3-7,9H,2,8H2,1H3,(H,15,16). The SMILES string of the molecule is CCCOc1cccc(-c2ccc(=O)[nH]n2)c1. The summed E-state index contributed by atoms with van der Waals surface area (Å²) in [5, 5.41) is 6.39. The zero-order valence-corrected chi connectivity index (χ0v) is 9.64. The highest BCUT2D eigenvalue weighted by atomic mass is 16.5. The smallest absolute Gasteiger partial charge is 0.264 e. The molecule has 0 spiro atoms. The topological polar surface area (TPSA) is 55.0 Å². The lowest BCUT2D eigenvalue weighted by molar-refractivity contribution is 0.317. The van der Waals surface area contributed by atoms with Crippen molar-refractivity contribution in [1.29, 1.82) is 0 Å². The Labute approximate surface area is 99.3 Å². The molecule has 88 valence electrons. The molecule has 1 heterocycles. The van der Waals surface area contributed by atoms with E-state index >= 15 is 0 Å². The van der Waals surface area contributed by atoms with Gasteiger partial charge >= 0.3 is 0 Å². The van der Waals surface area contributed by atoms with E-state index in [2.05, 4.69) is 17.1 Å². The number of aromatic amines is 1. The predicted molar refractivity (Wildman–Crippen MR) is 66.1 cm³/mol. The summed E-state index contributed by atoms with van der Waals surface area (Å²) in [6.07, 6.45) is 0.973. The van der Waals surface area contributed by atoms with Crippen molar-refractivity contribution >= 4 is 0 Å². The Morgan fingerprint density at radius 1 is 1.29 bits per heavy atom. The van der Waals surface area contributed by atoms with Gasteiger partial charge in [0.15, 0.2) is 0 Å². The Morgan fingerprint density at radius 2 is 2.18 bits per heavy atom. The number of benzene rings is 1. The second-order valence-corrected chi connectivity index (χ2v) is 3.68. The van der Waals surface area contributed by atoms with Crippen LogP contribution in [0.25, 0.3) is 11.3 Å². The number of hydrogen-bond donors (Lipinski definition) is 1. The maximum absolute atomic E-state index is 10.9. The molecule has 1 N–H and O–H groups in total. The quantitative estimate of drug-likeness (QED) is 0.876. The van der Waals surface area contributed by atoms with Gasteiger partial charge in [0.25, 0.3) is 5.56 Å². The van der Waals surface area contributed by atoms with E-state index in [9.17, 15) is 4.79 Å². The second kappa shape index (κ2) is 5.30. The van der Waals surface area contributed by atoms with Crippen LogP contribution >= 0.6 is 0 Å². The number of nitrogens with zero attached hydrogens (tertiary/aromatic N) is 1. The minimum atomic E-state index is -0.202. The van der Waals surface area contributed by atoms with Gasteiger partial charge in [0.2, 0.25) is 0 Å². The zero-order valence-electron chi connectivity index (χ0n) is 9.64. The van der Waals surface area contributed by atoms with Gasteiger partial charge < -0.3 is 4.74 Å². The molecule has 1 aromatic heterocycles. The van der Waals surface area contributed by atoms with Crippen molar-refractivity contribution < 1.29 is 4.74 Å². The molecule has 0 fully saturated rings. The monoisotopic (exact) mass is 230 g/mol. The average molecular weight is 230 g/mol. The summed E-state index contributed by atoms with van der Waals surface area (Å²) in [5.41, 5.74) is 1.45. The molecule has 1 aromatic carbocycles. The van der Waals surface area contributed by atoms with Crippen molar-refractivity contribution in [3.05, 3.63) is 46.8 Å². The van der Waals surface area contributed by atoms with Gasteiger partial charge in [-0.25, -0.2) is 5.10 Å². The third-order valence-electron chi connectivity index (χ3n) is 2.28. The summed E-state index contributed by atoms with van der Waals surface area (Å²) in [4.78, 5) is 10.9. The molecule has 4 heteroatoms. The van der Waals surface area contributed by atoms with Crippen LogP contribution in [0.15, 0.2) is 41.2 Å². The molecule has 0 aliphatic carbocycles. The molecule has 2 rings (SSSR count). The van der Waals surface area contributed by atoms with Crippen molar-refractivity contribution in [3.8, 4) is 17.0 Å². The molecular formula is C13H14N2O2. The first-order chi connectivity index (χ1) is 8.29. The molecular weight excluding hydrogens is 216 g/mol. The highest BCUT2D eigenvalue weighted by molar-refractivity contribution is 5.60. The average Bonchev–Trinajstić information content (AvgIpc) is 2.37. The van der Waals surface area contributed by atoms with Gasteiger partial charge in [0, 0.05) is 11.6 Å². The molecule has 2 aromatic rings. The Bertz CT molecular complexity index is 529. The molecule has 0 bridgehead atoms. The van der Waals surface area contributed by atoms with Crippen LogP contribution in [-0.4, -0.2) is 16.8 Å². The van der Waals surface area contributed by atoms with Gasteiger partial charge in [0.05, 0.1) is 12.3 Å². The van der Waals surface area contributed by atoms with Crippen molar-refractivity contribution in [3.63, 3.8) is 0 Å². The Balaban J connectivity index is 2.26. The first kappa shape index (κ1) is 11.4. The van der Waals surface area contributed by atoms with Crippen LogP contribution in [0, 0.1) is 0 Å². The van der Waals surface area contributed by atoms with E-state index in [0.717, 1.165) is 23.4 Å². The summed E-state index contributed by atoms with van der Waals surface area (Å²) >= 11 is 0. The first-order valence-corrected chi connectivity index (χ1v) is 5.58. The van der Waals surface area contributed by atoms with E-state index in [4.69, 9.17) is 4.74 Å². The van der Waals surface area contributed by atoms with Crippen molar-refractivity contribution in [2.45, 2.75) is 13.3 Å². The van der Waals surface area contributed by atoms with Gasteiger partial charge in [0.1, 0.15) is 5.75 Å².